The minimum Gasteiger partial charge on any atom is -0.490 e. The predicted octanol–water partition coefficient (Wildman–Crippen LogP) is 5.53. The van der Waals surface area contributed by atoms with Gasteiger partial charge >= 0.3 is 0 Å². The lowest BCUT2D eigenvalue weighted by Gasteiger charge is -2.13. The maximum atomic E-state index is 12.7. The van der Waals surface area contributed by atoms with Gasteiger partial charge in [-0.15, -0.1) is 0 Å². The second-order valence-electron chi connectivity index (χ2n) is 7.70. The molecule has 1 aliphatic carbocycles. The van der Waals surface area contributed by atoms with Crippen molar-refractivity contribution in [2.24, 2.45) is 0 Å². The Balaban J connectivity index is 1.49. The summed E-state index contributed by atoms with van der Waals surface area (Å²) in [6.45, 7) is 3.83. The first-order chi connectivity index (χ1) is 16.4. The van der Waals surface area contributed by atoms with Crippen molar-refractivity contribution in [3.05, 3.63) is 93.5 Å². The molecule has 0 heterocycles. The van der Waals surface area contributed by atoms with Gasteiger partial charge in [-0.25, -0.2) is 0 Å². The summed E-state index contributed by atoms with van der Waals surface area (Å²) in [4.78, 5) is 37.6. The van der Waals surface area contributed by atoms with Crippen molar-refractivity contribution in [2.75, 3.05) is 18.5 Å². The standard InChI is InChI=1S/C27H22ClNO5/c1-3-33-24-13-17(12-21-26(31)19-6-4-5-7-20(19)27(21)32)9-11-23(24)34-15-25(30)29-18-10-8-16(2)22(28)14-18/h4-14H,3,15H2,1-2H3,(H,29,30). The average molecular weight is 476 g/mol. The van der Waals surface area contributed by atoms with Crippen molar-refractivity contribution >= 4 is 40.8 Å². The Morgan fingerprint density at radius 3 is 2.29 bits per heavy atom. The number of Topliss-reactive ketones (excluding diaryl/α,β-unsaturated/α-hetero) is 2. The fourth-order valence-corrected chi connectivity index (χ4v) is 3.76. The molecule has 0 saturated heterocycles. The van der Waals surface area contributed by atoms with Crippen molar-refractivity contribution in [3.8, 4) is 11.5 Å². The molecule has 1 aliphatic rings. The zero-order valence-electron chi connectivity index (χ0n) is 18.7. The maximum Gasteiger partial charge on any atom is 0.262 e. The van der Waals surface area contributed by atoms with Crippen LogP contribution in [0, 0.1) is 6.92 Å². The van der Waals surface area contributed by atoms with E-state index >= 15 is 0 Å². The second-order valence-corrected chi connectivity index (χ2v) is 8.11. The Kier molecular flexibility index (Phi) is 6.80. The van der Waals surface area contributed by atoms with E-state index in [-0.39, 0.29) is 29.7 Å². The molecule has 0 spiro atoms. The Bertz CT molecular complexity index is 1290. The molecule has 0 saturated carbocycles. The zero-order valence-corrected chi connectivity index (χ0v) is 19.4. The van der Waals surface area contributed by atoms with Gasteiger partial charge in [0.1, 0.15) is 0 Å². The number of rotatable bonds is 7. The monoisotopic (exact) mass is 475 g/mol. The molecule has 0 bridgehead atoms. The topological polar surface area (TPSA) is 81.7 Å². The van der Waals surface area contributed by atoms with Crippen LogP contribution in [-0.4, -0.2) is 30.7 Å². The van der Waals surface area contributed by atoms with Gasteiger partial charge in [0.05, 0.1) is 12.2 Å². The summed E-state index contributed by atoms with van der Waals surface area (Å²) in [5.41, 5.74) is 3.02. The van der Waals surface area contributed by atoms with Crippen LogP contribution in [0.15, 0.2) is 66.2 Å². The Hall–Kier alpha value is -3.90. The van der Waals surface area contributed by atoms with Crippen LogP contribution in [-0.2, 0) is 4.79 Å². The highest BCUT2D eigenvalue weighted by Gasteiger charge is 2.32. The molecule has 1 amide bonds. The van der Waals surface area contributed by atoms with Gasteiger partial charge in [-0.1, -0.05) is 48.0 Å². The van der Waals surface area contributed by atoms with Gasteiger partial charge in [-0.05, 0) is 55.3 Å². The molecule has 4 rings (SSSR count). The minimum atomic E-state index is -0.353. The van der Waals surface area contributed by atoms with E-state index in [2.05, 4.69) is 5.32 Å². The summed E-state index contributed by atoms with van der Waals surface area (Å²) in [5, 5.41) is 3.30. The van der Waals surface area contributed by atoms with Gasteiger partial charge < -0.3 is 14.8 Å². The van der Waals surface area contributed by atoms with Crippen LogP contribution in [0.2, 0.25) is 5.02 Å². The molecule has 0 aromatic heterocycles. The van der Waals surface area contributed by atoms with Gasteiger partial charge in [0, 0.05) is 21.8 Å². The van der Waals surface area contributed by atoms with Crippen molar-refractivity contribution in [3.63, 3.8) is 0 Å². The molecule has 0 fully saturated rings. The molecule has 172 valence electrons. The van der Waals surface area contributed by atoms with Crippen molar-refractivity contribution in [1.29, 1.82) is 0 Å². The van der Waals surface area contributed by atoms with E-state index in [4.69, 9.17) is 21.1 Å². The third kappa shape index (κ3) is 4.87. The third-order valence-corrected chi connectivity index (χ3v) is 5.71. The summed E-state index contributed by atoms with van der Waals surface area (Å²) >= 11 is 6.10. The van der Waals surface area contributed by atoms with Gasteiger partial charge in [0.15, 0.2) is 29.7 Å². The predicted molar refractivity (Wildman–Crippen MR) is 131 cm³/mol. The van der Waals surface area contributed by atoms with Crippen LogP contribution in [0.5, 0.6) is 11.5 Å². The van der Waals surface area contributed by atoms with Crippen LogP contribution in [0.1, 0.15) is 38.8 Å². The Morgan fingerprint density at radius 1 is 0.941 bits per heavy atom. The lowest BCUT2D eigenvalue weighted by Crippen LogP contribution is -2.20. The number of anilines is 1. The summed E-state index contributed by atoms with van der Waals surface area (Å²) in [6.07, 6.45) is 1.55. The number of aryl methyl sites for hydroxylation is 1. The molecule has 0 atom stereocenters. The quantitative estimate of drug-likeness (QED) is 0.359. The molecular weight excluding hydrogens is 454 g/mol. The number of hydrogen-bond donors (Lipinski definition) is 1. The van der Waals surface area contributed by atoms with E-state index in [0.29, 0.717) is 45.5 Å². The van der Waals surface area contributed by atoms with Crippen LogP contribution in [0.25, 0.3) is 6.08 Å². The highest BCUT2D eigenvalue weighted by molar-refractivity contribution is 6.41. The van der Waals surface area contributed by atoms with E-state index in [1.807, 2.05) is 19.9 Å². The van der Waals surface area contributed by atoms with Gasteiger partial charge in [0.25, 0.3) is 5.91 Å². The molecule has 1 N–H and O–H groups in total. The smallest absolute Gasteiger partial charge is 0.262 e. The SMILES string of the molecule is CCOc1cc(C=C2C(=O)c3ccccc3C2=O)ccc1OCC(=O)Nc1ccc(C)c(Cl)c1. The van der Waals surface area contributed by atoms with Crippen molar-refractivity contribution < 1.29 is 23.9 Å². The van der Waals surface area contributed by atoms with Crippen molar-refractivity contribution in [2.45, 2.75) is 13.8 Å². The fourth-order valence-electron chi connectivity index (χ4n) is 3.58. The minimum absolute atomic E-state index is 0.105. The molecule has 7 heteroatoms. The highest BCUT2D eigenvalue weighted by Crippen LogP contribution is 2.32. The Morgan fingerprint density at radius 2 is 1.65 bits per heavy atom. The second kappa shape index (κ2) is 9.93. The number of halogens is 1. The van der Waals surface area contributed by atoms with Crippen LogP contribution < -0.4 is 14.8 Å². The summed E-state index contributed by atoms with van der Waals surface area (Å²) in [7, 11) is 0. The zero-order chi connectivity index (χ0) is 24.2. The first-order valence-electron chi connectivity index (χ1n) is 10.7. The van der Waals surface area contributed by atoms with E-state index in [9.17, 15) is 14.4 Å². The normalized spacial score (nSPS) is 12.4. The molecule has 3 aromatic rings. The molecule has 3 aromatic carbocycles. The van der Waals surface area contributed by atoms with Crippen LogP contribution in [0.3, 0.4) is 0 Å². The lowest BCUT2D eigenvalue weighted by atomic mass is 10.1. The number of allylic oxidation sites excluding steroid dienone is 1. The number of ketones is 2. The van der Waals surface area contributed by atoms with Gasteiger partial charge in [-0.2, -0.15) is 0 Å². The molecular formula is C27H22ClNO5. The number of fused-ring (bicyclic) bond motifs is 1. The number of carbonyl (C=O) groups excluding carboxylic acids is 3. The summed E-state index contributed by atoms with van der Waals surface area (Å²) in [5.74, 6) is -0.182. The number of nitrogens with one attached hydrogen (secondary N) is 1. The fraction of sp³-hybridized carbons (Fsp3) is 0.148. The molecule has 0 radical (unpaired) electrons. The summed E-state index contributed by atoms with van der Waals surface area (Å²) in [6, 6.07) is 17.0. The summed E-state index contributed by atoms with van der Waals surface area (Å²) < 4.78 is 11.3. The molecule has 0 unspecified atom stereocenters. The molecule has 34 heavy (non-hydrogen) atoms. The number of hydrogen-bond acceptors (Lipinski definition) is 5. The first kappa shape index (κ1) is 23.3. The van der Waals surface area contributed by atoms with E-state index in [1.54, 1.807) is 60.7 Å². The number of ether oxygens (including phenoxy) is 2. The molecule has 0 aliphatic heterocycles. The highest BCUT2D eigenvalue weighted by atomic mass is 35.5. The largest absolute Gasteiger partial charge is 0.490 e. The Labute approximate surface area is 202 Å². The van der Waals surface area contributed by atoms with Gasteiger partial charge in [-0.3, -0.25) is 14.4 Å². The van der Waals surface area contributed by atoms with E-state index < -0.39 is 0 Å². The van der Waals surface area contributed by atoms with Gasteiger partial charge in [0.2, 0.25) is 0 Å². The van der Waals surface area contributed by atoms with Crippen molar-refractivity contribution in [1.82, 2.24) is 0 Å². The molecule has 6 nitrogen and oxygen atoms in total. The van der Waals surface area contributed by atoms with Crippen LogP contribution in [0.4, 0.5) is 5.69 Å². The van der Waals surface area contributed by atoms with E-state index in [0.717, 1.165) is 5.56 Å². The van der Waals surface area contributed by atoms with Crippen LogP contribution >= 0.6 is 11.6 Å². The number of carbonyl (C=O) groups is 3. The lowest BCUT2D eigenvalue weighted by molar-refractivity contribution is -0.118. The first-order valence-corrected chi connectivity index (χ1v) is 11.1. The maximum absolute atomic E-state index is 12.7. The number of benzene rings is 3. The average Bonchev–Trinajstić information content (AvgIpc) is 3.06. The third-order valence-electron chi connectivity index (χ3n) is 5.30. The number of amides is 1. The van der Waals surface area contributed by atoms with E-state index in [1.165, 1.54) is 0 Å².